The predicted molar refractivity (Wildman–Crippen MR) is 111 cm³/mol. The third kappa shape index (κ3) is 3.05. The Bertz CT molecular complexity index is 866. The molecule has 5 fully saturated rings. The summed E-state index contributed by atoms with van der Waals surface area (Å²) in [6, 6.07) is 8.58. The van der Waals surface area contributed by atoms with E-state index in [1.165, 1.54) is 23.6 Å². The van der Waals surface area contributed by atoms with Crippen LogP contribution in [0.1, 0.15) is 38.5 Å². The fourth-order valence-corrected chi connectivity index (χ4v) is 9.51. The summed E-state index contributed by atoms with van der Waals surface area (Å²) >= 11 is 3.99. The van der Waals surface area contributed by atoms with Crippen LogP contribution < -0.4 is 0 Å². The molecule has 4 aliphatic carbocycles. The van der Waals surface area contributed by atoms with Gasteiger partial charge < -0.3 is 4.90 Å². The minimum atomic E-state index is -3.48. The number of sulfonamides is 1. The molecule has 6 rings (SSSR count). The minimum absolute atomic E-state index is 0.158. The number of carbonyl (C=O) groups excluding carboxylic acids is 1. The Kier molecular flexibility index (Phi) is 4.45. The zero-order valence-corrected chi connectivity index (χ0v) is 18.4. The second kappa shape index (κ2) is 6.54. The molecular weight excluding hydrogens is 440 g/mol. The molecule has 0 aromatic heterocycles. The molecule has 28 heavy (non-hydrogen) atoms. The van der Waals surface area contributed by atoms with E-state index in [1.54, 1.807) is 24.3 Å². The average Bonchev–Trinajstić information content (AvgIpc) is 2.66. The van der Waals surface area contributed by atoms with E-state index in [0.29, 0.717) is 42.9 Å². The summed E-state index contributed by atoms with van der Waals surface area (Å²) in [6.45, 7) is 1.76. The van der Waals surface area contributed by atoms with Crippen molar-refractivity contribution in [2.75, 3.05) is 26.2 Å². The van der Waals surface area contributed by atoms with Crippen molar-refractivity contribution in [3.8, 4) is 0 Å². The molecule has 5 nitrogen and oxygen atoms in total. The molecule has 2 unspecified atom stereocenters. The highest BCUT2D eigenvalue weighted by Crippen LogP contribution is 2.64. The van der Waals surface area contributed by atoms with Crippen LogP contribution in [0.2, 0.25) is 0 Å². The number of alkyl halides is 1. The molecule has 1 saturated heterocycles. The van der Waals surface area contributed by atoms with Gasteiger partial charge in [0.1, 0.15) is 0 Å². The van der Waals surface area contributed by atoms with E-state index in [9.17, 15) is 13.2 Å². The SMILES string of the molecule is O=C(N1CCN(S(=O)(=O)c2ccccc2)CC1)C12CC3CC(CC(Br)(C3)C1)C2. The quantitative estimate of drug-likeness (QED) is 0.642. The summed E-state index contributed by atoms with van der Waals surface area (Å²) in [5.41, 5.74) is -0.214. The highest BCUT2D eigenvalue weighted by atomic mass is 79.9. The summed E-state index contributed by atoms with van der Waals surface area (Å²) < 4.78 is 27.4. The van der Waals surface area contributed by atoms with Crippen molar-refractivity contribution in [1.82, 2.24) is 9.21 Å². The maximum Gasteiger partial charge on any atom is 0.243 e. The number of nitrogens with zero attached hydrogens (tertiary/aromatic N) is 2. The number of rotatable bonds is 3. The van der Waals surface area contributed by atoms with Gasteiger partial charge in [-0.2, -0.15) is 4.31 Å². The zero-order valence-electron chi connectivity index (χ0n) is 16.0. The topological polar surface area (TPSA) is 57.7 Å². The molecule has 152 valence electrons. The van der Waals surface area contributed by atoms with Gasteiger partial charge in [0.05, 0.1) is 10.3 Å². The van der Waals surface area contributed by atoms with Gasteiger partial charge in [0.2, 0.25) is 15.9 Å². The van der Waals surface area contributed by atoms with E-state index in [0.717, 1.165) is 19.3 Å². The molecule has 0 spiro atoms. The lowest BCUT2D eigenvalue weighted by Crippen LogP contribution is -2.61. The Morgan fingerprint density at radius 3 is 2.14 bits per heavy atom. The van der Waals surface area contributed by atoms with Crippen molar-refractivity contribution in [2.24, 2.45) is 17.3 Å². The Balaban J connectivity index is 1.29. The van der Waals surface area contributed by atoms with Gasteiger partial charge in [-0.25, -0.2) is 8.42 Å². The molecular formula is C21H27BrN2O3S. The number of halogens is 1. The molecule has 4 bridgehead atoms. The first-order valence-corrected chi connectivity index (χ1v) is 12.6. The van der Waals surface area contributed by atoms with Crippen LogP contribution >= 0.6 is 15.9 Å². The van der Waals surface area contributed by atoms with E-state index in [4.69, 9.17) is 0 Å². The van der Waals surface area contributed by atoms with Crippen LogP contribution in [-0.2, 0) is 14.8 Å². The number of hydrogen-bond donors (Lipinski definition) is 0. The molecule has 0 N–H and O–H groups in total. The van der Waals surface area contributed by atoms with Gasteiger partial charge in [-0.15, -0.1) is 0 Å². The van der Waals surface area contributed by atoms with E-state index in [1.807, 2.05) is 11.0 Å². The molecule has 4 saturated carbocycles. The van der Waals surface area contributed by atoms with E-state index >= 15 is 0 Å². The molecule has 1 aliphatic heterocycles. The van der Waals surface area contributed by atoms with Gasteiger partial charge >= 0.3 is 0 Å². The predicted octanol–water partition coefficient (Wildman–Crippen LogP) is 3.25. The molecule has 1 aromatic carbocycles. The fourth-order valence-electron chi connectivity index (χ4n) is 6.61. The Morgan fingerprint density at radius 2 is 1.57 bits per heavy atom. The fraction of sp³-hybridized carbons (Fsp3) is 0.667. The second-order valence-corrected chi connectivity index (χ2v) is 13.0. The van der Waals surface area contributed by atoms with Gasteiger partial charge in [-0.05, 0) is 62.5 Å². The maximum absolute atomic E-state index is 13.6. The van der Waals surface area contributed by atoms with Crippen molar-refractivity contribution >= 4 is 31.9 Å². The van der Waals surface area contributed by atoms with Gasteiger partial charge in [-0.1, -0.05) is 34.1 Å². The zero-order chi connectivity index (χ0) is 19.6. The molecule has 0 radical (unpaired) electrons. The Labute approximate surface area is 175 Å². The highest BCUT2D eigenvalue weighted by molar-refractivity contribution is 9.10. The summed E-state index contributed by atoms with van der Waals surface area (Å²) in [5.74, 6) is 1.62. The number of hydrogen-bond acceptors (Lipinski definition) is 3. The first kappa shape index (κ1) is 19.1. The normalized spacial score (nSPS) is 38.0. The van der Waals surface area contributed by atoms with Crippen molar-refractivity contribution in [2.45, 2.75) is 47.7 Å². The summed E-state index contributed by atoms with van der Waals surface area (Å²) in [6.07, 6.45) is 6.71. The largest absolute Gasteiger partial charge is 0.340 e. The lowest BCUT2D eigenvalue weighted by molar-refractivity contribution is -0.156. The van der Waals surface area contributed by atoms with E-state index in [2.05, 4.69) is 15.9 Å². The number of amides is 1. The van der Waals surface area contributed by atoms with Gasteiger partial charge in [0.15, 0.2) is 0 Å². The molecule has 5 aliphatic rings. The summed E-state index contributed by atoms with van der Waals surface area (Å²) in [7, 11) is -3.48. The molecule has 1 heterocycles. The standard InChI is InChI=1S/C21H27BrN2O3S/c22-21-13-16-10-17(14-21)12-20(11-16,15-21)19(25)23-6-8-24(9-7-23)28(26,27)18-4-2-1-3-5-18/h1-5,16-17H,6-15H2. The van der Waals surface area contributed by atoms with Crippen LogP contribution in [0.3, 0.4) is 0 Å². The molecule has 7 heteroatoms. The van der Waals surface area contributed by atoms with Crippen LogP contribution in [0.5, 0.6) is 0 Å². The average molecular weight is 467 g/mol. The maximum atomic E-state index is 13.6. The number of carbonyl (C=O) groups is 1. The van der Waals surface area contributed by atoms with Crippen molar-refractivity contribution in [3.05, 3.63) is 30.3 Å². The second-order valence-electron chi connectivity index (χ2n) is 9.40. The molecule has 2 atom stereocenters. The van der Waals surface area contributed by atoms with Gasteiger partial charge in [0, 0.05) is 30.5 Å². The van der Waals surface area contributed by atoms with Gasteiger partial charge in [-0.3, -0.25) is 4.79 Å². The van der Waals surface area contributed by atoms with Crippen molar-refractivity contribution < 1.29 is 13.2 Å². The number of piperazine rings is 1. The van der Waals surface area contributed by atoms with Crippen LogP contribution in [0.15, 0.2) is 35.2 Å². The number of benzene rings is 1. The third-order valence-electron chi connectivity index (χ3n) is 7.35. The van der Waals surface area contributed by atoms with Crippen molar-refractivity contribution in [1.29, 1.82) is 0 Å². The van der Waals surface area contributed by atoms with Crippen LogP contribution in [0, 0.1) is 17.3 Å². The van der Waals surface area contributed by atoms with E-state index in [-0.39, 0.29) is 15.6 Å². The Morgan fingerprint density at radius 1 is 0.964 bits per heavy atom. The summed E-state index contributed by atoms with van der Waals surface area (Å²) in [5, 5.41) is 0. The van der Waals surface area contributed by atoms with Crippen molar-refractivity contribution in [3.63, 3.8) is 0 Å². The third-order valence-corrected chi connectivity index (χ3v) is 10.2. The molecule has 1 aromatic rings. The lowest BCUT2D eigenvalue weighted by Gasteiger charge is -2.60. The summed E-state index contributed by atoms with van der Waals surface area (Å²) in [4.78, 5) is 15.8. The smallest absolute Gasteiger partial charge is 0.243 e. The first-order valence-electron chi connectivity index (χ1n) is 10.3. The Hall–Kier alpha value is -0.920. The van der Waals surface area contributed by atoms with Gasteiger partial charge in [0.25, 0.3) is 0 Å². The monoisotopic (exact) mass is 466 g/mol. The lowest BCUT2D eigenvalue weighted by atomic mass is 9.49. The minimum Gasteiger partial charge on any atom is -0.340 e. The van der Waals surface area contributed by atoms with E-state index < -0.39 is 10.0 Å². The van der Waals surface area contributed by atoms with Crippen LogP contribution in [0.25, 0.3) is 0 Å². The highest BCUT2D eigenvalue weighted by Gasteiger charge is 2.60. The van der Waals surface area contributed by atoms with Crippen LogP contribution in [0.4, 0.5) is 0 Å². The first-order chi connectivity index (χ1) is 13.3. The molecule has 1 amide bonds. The van der Waals surface area contributed by atoms with Crippen LogP contribution in [-0.4, -0.2) is 54.0 Å².